The summed E-state index contributed by atoms with van der Waals surface area (Å²) >= 11 is 1.33. The number of β-amino-alcohol motifs (C(OH)–C–C–N with tert-alkyl or cyclic N) is 1. The van der Waals surface area contributed by atoms with Crippen molar-refractivity contribution in [3.05, 3.63) is 29.6 Å². The number of nitrogens with one attached hydrogen (secondary N) is 1. The molecule has 7 heteroatoms. The number of aliphatic hydroxyl groups excluding tert-OH is 1. The summed E-state index contributed by atoms with van der Waals surface area (Å²) in [5.41, 5.74) is 1.86. The molecule has 0 bridgehead atoms. The zero-order chi connectivity index (χ0) is 15.3. The maximum atomic E-state index is 9.87. The van der Waals surface area contributed by atoms with Crippen molar-refractivity contribution in [1.29, 1.82) is 0 Å². The van der Waals surface area contributed by atoms with Gasteiger partial charge in [-0.1, -0.05) is 4.49 Å². The molecule has 1 heterocycles. The Labute approximate surface area is 141 Å². The van der Waals surface area contributed by atoms with Gasteiger partial charge in [0.1, 0.15) is 24.2 Å². The molecule has 2 N–H and O–H groups in total. The molecule has 122 valence electrons. The first kappa shape index (κ1) is 18.8. The van der Waals surface area contributed by atoms with Crippen molar-refractivity contribution in [2.24, 2.45) is 0 Å². The van der Waals surface area contributed by atoms with Gasteiger partial charge in [0.2, 0.25) is 0 Å². The molecule has 0 aliphatic carbocycles. The van der Waals surface area contributed by atoms with E-state index in [1.165, 1.54) is 11.5 Å². The summed E-state index contributed by atoms with van der Waals surface area (Å²) in [6.45, 7) is 6.96. The lowest BCUT2D eigenvalue weighted by Crippen LogP contribution is -2.42. The summed E-state index contributed by atoms with van der Waals surface area (Å²) in [4.78, 5) is 0. The van der Waals surface area contributed by atoms with Crippen LogP contribution in [0, 0.1) is 0 Å². The van der Waals surface area contributed by atoms with Gasteiger partial charge in [-0.15, -0.1) is 17.5 Å². The van der Waals surface area contributed by atoms with Crippen molar-refractivity contribution < 1.29 is 9.84 Å². The fourth-order valence-corrected chi connectivity index (χ4v) is 2.15. The average molecular weight is 344 g/mol. The molecule has 0 amide bonds. The highest BCUT2D eigenvalue weighted by atomic mass is 35.5. The Kier molecular flexibility index (Phi) is 7.22. The quantitative estimate of drug-likeness (QED) is 0.844. The van der Waals surface area contributed by atoms with Gasteiger partial charge in [-0.25, -0.2) is 0 Å². The molecular formula is C15H22ClN3O2S. The van der Waals surface area contributed by atoms with Crippen LogP contribution in [-0.2, 0) is 0 Å². The van der Waals surface area contributed by atoms with Gasteiger partial charge < -0.3 is 15.2 Å². The lowest BCUT2D eigenvalue weighted by atomic mass is 10.1. The van der Waals surface area contributed by atoms with Crippen LogP contribution >= 0.6 is 23.9 Å². The molecule has 1 atom stereocenters. The Bertz CT molecular complexity index is 541. The summed E-state index contributed by atoms with van der Waals surface area (Å²) in [6, 6.07) is 7.62. The number of hydrogen-bond acceptors (Lipinski definition) is 6. The third-order valence-electron chi connectivity index (χ3n) is 2.82. The maximum Gasteiger partial charge on any atom is 0.119 e. The summed E-state index contributed by atoms with van der Waals surface area (Å²) < 4.78 is 9.42. The molecule has 0 saturated heterocycles. The van der Waals surface area contributed by atoms with Crippen molar-refractivity contribution in [2.75, 3.05) is 13.2 Å². The number of aliphatic hydroxyl groups is 1. The number of hydrogen-bond donors (Lipinski definition) is 2. The van der Waals surface area contributed by atoms with E-state index in [1.807, 2.05) is 29.6 Å². The molecule has 0 aliphatic heterocycles. The van der Waals surface area contributed by atoms with E-state index in [2.05, 4.69) is 35.7 Å². The number of halogens is 1. The van der Waals surface area contributed by atoms with Crippen LogP contribution in [0.4, 0.5) is 0 Å². The molecule has 0 spiro atoms. The fourth-order valence-electron chi connectivity index (χ4n) is 1.69. The van der Waals surface area contributed by atoms with Gasteiger partial charge in [0.25, 0.3) is 0 Å². The lowest BCUT2D eigenvalue weighted by Gasteiger charge is -2.22. The van der Waals surface area contributed by atoms with Gasteiger partial charge in [0, 0.05) is 23.0 Å². The molecule has 2 aromatic rings. The monoisotopic (exact) mass is 343 g/mol. The number of nitrogens with zero attached hydrogens (tertiary/aromatic N) is 2. The Morgan fingerprint density at radius 1 is 1.27 bits per heavy atom. The van der Waals surface area contributed by atoms with E-state index in [1.54, 1.807) is 0 Å². The Morgan fingerprint density at radius 3 is 2.50 bits per heavy atom. The number of benzene rings is 1. The minimum atomic E-state index is -0.536. The third-order valence-corrected chi connectivity index (χ3v) is 3.33. The van der Waals surface area contributed by atoms with Crippen LogP contribution < -0.4 is 10.1 Å². The fraction of sp³-hybridized carbons (Fsp3) is 0.467. The van der Waals surface area contributed by atoms with Gasteiger partial charge in [0.05, 0.1) is 0 Å². The van der Waals surface area contributed by atoms with Gasteiger partial charge in [-0.3, -0.25) is 0 Å². The van der Waals surface area contributed by atoms with Crippen LogP contribution in [0.1, 0.15) is 20.8 Å². The second-order valence-corrected chi connectivity index (χ2v) is 6.52. The van der Waals surface area contributed by atoms with Crippen LogP contribution in [0.15, 0.2) is 29.6 Å². The zero-order valence-electron chi connectivity index (χ0n) is 12.9. The largest absolute Gasteiger partial charge is 0.491 e. The zero-order valence-corrected chi connectivity index (χ0v) is 14.6. The first-order chi connectivity index (χ1) is 9.94. The molecule has 0 aliphatic rings. The van der Waals surface area contributed by atoms with Crippen molar-refractivity contribution >= 4 is 23.9 Å². The predicted molar refractivity (Wildman–Crippen MR) is 91.9 cm³/mol. The minimum absolute atomic E-state index is 0. The van der Waals surface area contributed by atoms with Gasteiger partial charge in [-0.05, 0) is 56.6 Å². The molecule has 0 fully saturated rings. The predicted octanol–water partition coefficient (Wildman–Crippen LogP) is 2.75. The molecule has 0 saturated carbocycles. The molecule has 1 unspecified atom stereocenters. The second-order valence-electron chi connectivity index (χ2n) is 5.91. The standard InChI is InChI=1S/C15H21N3O2S.ClH/c1-15(2,3)16-8-12(19)9-20-13-6-4-11(5-7-13)14-10-21-18-17-14;/h4-7,10,12,16,19H,8-9H2,1-3H3;1H. The number of aromatic nitrogens is 2. The van der Waals surface area contributed by atoms with E-state index in [-0.39, 0.29) is 24.6 Å². The molecule has 22 heavy (non-hydrogen) atoms. The Balaban J connectivity index is 0.00000242. The lowest BCUT2D eigenvalue weighted by molar-refractivity contribution is 0.100. The van der Waals surface area contributed by atoms with Crippen LogP contribution in [0.25, 0.3) is 11.3 Å². The molecule has 2 rings (SSSR count). The summed E-state index contributed by atoms with van der Waals surface area (Å²) in [7, 11) is 0. The maximum absolute atomic E-state index is 9.87. The summed E-state index contributed by atoms with van der Waals surface area (Å²) in [5, 5.41) is 19.0. The topological polar surface area (TPSA) is 67.3 Å². The highest BCUT2D eigenvalue weighted by molar-refractivity contribution is 7.03. The van der Waals surface area contributed by atoms with E-state index in [9.17, 15) is 5.11 Å². The van der Waals surface area contributed by atoms with Crippen LogP contribution in [0.3, 0.4) is 0 Å². The summed E-state index contributed by atoms with van der Waals surface area (Å²) in [6.07, 6.45) is -0.536. The van der Waals surface area contributed by atoms with E-state index in [0.717, 1.165) is 17.0 Å². The highest BCUT2D eigenvalue weighted by Crippen LogP contribution is 2.21. The smallest absolute Gasteiger partial charge is 0.119 e. The van der Waals surface area contributed by atoms with Crippen LogP contribution in [-0.4, -0.2) is 39.5 Å². The van der Waals surface area contributed by atoms with Crippen molar-refractivity contribution in [2.45, 2.75) is 32.4 Å². The highest BCUT2D eigenvalue weighted by Gasteiger charge is 2.12. The normalized spacial score (nSPS) is 12.5. The van der Waals surface area contributed by atoms with Gasteiger partial charge >= 0.3 is 0 Å². The van der Waals surface area contributed by atoms with Crippen molar-refractivity contribution in [1.82, 2.24) is 14.9 Å². The Morgan fingerprint density at radius 2 is 1.95 bits per heavy atom. The second kappa shape index (κ2) is 8.43. The van der Waals surface area contributed by atoms with E-state index >= 15 is 0 Å². The van der Waals surface area contributed by atoms with E-state index < -0.39 is 6.10 Å². The van der Waals surface area contributed by atoms with Crippen molar-refractivity contribution in [3.8, 4) is 17.0 Å². The first-order valence-corrected chi connectivity index (χ1v) is 7.71. The van der Waals surface area contributed by atoms with Gasteiger partial charge in [-0.2, -0.15) is 0 Å². The number of rotatable bonds is 6. The average Bonchev–Trinajstić information content (AvgIpc) is 2.97. The minimum Gasteiger partial charge on any atom is -0.491 e. The molecule has 5 nitrogen and oxygen atoms in total. The molecular weight excluding hydrogens is 322 g/mol. The van der Waals surface area contributed by atoms with Crippen LogP contribution in [0.2, 0.25) is 0 Å². The molecule has 1 aromatic heterocycles. The molecule has 1 aromatic carbocycles. The van der Waals surface area contributed by atoms with E-state index in [0.29, 0.717) is 6.54 Å². The van der Waals surface area contributed by atoms with Crippen molar-refractivity contribution in [3.63, 3.8) is 0 Å². The first-order valence-electron chi connectivity index (χ1n) is 6.87. The van der Waals surface area contributed by atoms with Gasteiger partial charge in [0.15, 0.2) is 0 Å². The number of ether oxygens (including phenoxy) is 1. The molecule has 0 radical (unpaired) electrons. The van der Waals surface area contributed by atoms with E-state index in [4.69, 9.17) is 4.74 Å². The summed E-state index contributed by atoms with van der Waals surface area (Å²) in [5.74, 6) is 0.733. The SMILES string of the molecule is CC(C)(C)NCC(O)COc1ccc(-c2csnn2)cc1.Cl. The Hall–Kier alpha value is -1.21. The third kappa shape index (κ3) is 6.27. The van der Waals surface area contributed by atoms with Crippen LogP contribution in [0.5, 0.6) is 5.75 Å².